The van der Waals surface area contributed by atoms with Crippen molar-refractivity contribution in [2.75, 3.05) is 0 Å². The largest absolute Gasteiger partial charge is 0.488 e. The maximum absolute atomic E-state index is 12.4. The molecule has 0 spiro atoms. The van der Waals surface area contributed by atoms with Gasteiger partial charge in [-0.1, -0.05) is 24.3 Å². The van der Waals surface area contributed by atoms with Crippen LogP contribution in [-0.2, 0) is 6.18 Å². The van der Waals surface area contributed by atoms with Gasteiger partial charge in [0.1, 0.15) is 0 Å². The molecule has 0 bridgehead atoms. The Kier molecular flexibility index (Phi) is 3.59. The first-order valence-electron chi connectivity index (χ1n) is 5.37. The van der Waals surface area contributed by atoms with E-state index < -0.39 is 18.9 Å². The Balaban J connectivity index is 2.35. The van der Waals surface area contributed by atoms with Crippen LogP contribution in [0.1, 0.15) is 5.56 Å². The van der Waals surface area contributed by atoms with Crippen molar-refractivity contribution < 1.29 is 23.2 Å². The fourth-order valence-corrected chi connectivity index (χ4v) is 1.59. The van der Waals surface area contributed by atoms with Crippen molar-refractivity contribution in [3.8, 4) is 11.3 Å². The second-order valence-electron chi connectivity index (χ2n) is 3.93. The molecule has 0 aliphatic rings. The lowest BCUT2D eigenvalue weighted by molar-refractivity contribution is -0.137. The van der Waals surface area contributed by atoms with Gasteiger partial charge < -0.3 is 10.0 Å². The molecular weight excluding hydrogens is 258 g/mol. The molecule has 0 unspecified atom stereocenters. The van der Waals surface area contributed by atoms with Crippen LogP contribution in [0.5, 0.6) is 0 Å². The van der Waals surface area contributed by atoms with E-state index >= 15 is 0 Å². The monoisotopic (exact) mass is 267 g/mol. The van der Waals surface area contributed by atoms with Crippen LogP contribution in [0.15, 0.2) is 42.6 Å². The van der Waals surface area contributed by atoms with E-state index in [0.717, 1.165) is 12.3 Å². The Hall–Kier alpha value is -1.86. The van der Waals surface area contributed by atoms with E-state index in [2.05, 4.69) is 4.98 Å². The minimum atomic E-state index is -4.42. The smallest absolute Gasteiger partial charge is 0.423 e. The predicted molar refractivity (Wildman–Crippen MR) is 64.5 cm³/mol. The molecule has 98 valence electrons. The van der Waals surface area contributed by atoms with Crippen molar-refractivity contribution >= 4 is 12.6 Å². The van der Waals surface area contributed by atoms with E-state index in [1.165, 1.54) is 18.2 Å². The van der Waals surface area contributed by atoms with Crippen LogP contribution < -0.4 is 5.46 Å². The van der Waals surface area contributed by atoms with Gasteiger partial charge >= 0.3 is 13.3 Å². The van der Waals surface area contributed by atoms with Gasteiger partial charge in [0.05, 0.1) is 11.3 Å². The van der Waals surface area contributed by atoms with E-state index in [1.54, 1.807) is 12.1 Å². The normalized spacial score (nSPS) is 11.4. The summed E-state index contributed by atoms with van der Waals surface area (Å²) in [5.74, 6) is 0. The van der Waals surface area contributed by atoms with Crippen molar-refractivity contribution in [3.05, 3.63) is 48.2 Å². The van der Waals surface area contributed by atoms with Crippen molar-refractivity contribution in [2.45, 2.75) is 6.18 Å². The second kappa shape index (κ2) is 5.03. The van der Waals surface area contributed by atoms with E-state index in [4.69, 9.17) is 10.0 Å². The Bertz CT molecular complexity index is 570. The summed E-state index contributed by atoms with van der Waals surface area (Å²) in [6.45, 7) is 0. The van der Waals surface area contributed by atoms with Gasteiger partial charge in [-0.25, -0.2) is 0 Å². The molecule has 0 fully saturated rings. The zero-order valence-electron chi connectivity index (χ0n) is 9.59. The quantitative estimate of drug-likeness (QED) is 0.809. The highest BCUT2D eigenvalue weighted by molar-refractivity contribution is 6.58. The van der Waals surface area contributed by atoms with Gasteiger partial charge in [0, 0.05) is 6.20 Å². The third-order valence-electron chi connectivity index (χ3n) is 2.57. The average molecular weight is 267 g/mol. The summed E-state index contributed by atoms with van der Waals surface area (Å²) < 4.78 is 37.2. The third kappa shape index (κ3) is 3.13. The zero-order chi connectivity index (χ0) is 14.0. The molecule has 0 saturated carbocycles. The fourth-order valence-electron chi connectivity index (χ4n) is 1.59. The first-order chi connectivity index (χ1) is 8.88. The highest BCUT2D eigenvalue weighted by Gasteiger charge is 2.30. The molecule has 7 heteroatoms. The summed E-state index contributed by atoms with van der Waals surface area (Å²) in [5, 5.41) is 18.1. The summed E-state index contributed by atoms with van der Waals surface area (Å²) in [6.07, 6.45) is -3.67. The molecule has 19 heavy (non-hydrogen) atoms. The van der Waals surface area contributed by atoms with Crippen molar-refractivity contribution in [3.63, 3.8) is 0 Å². The van der Waals surface area contributed by atoms with Gasteiger partial charge in [-0.3, -0.25) is 4.98 Å². The van der Waals surface area contributed by atoms with E-state index in [1.807, 2.05) is 0 Å². The molecule has 2 N–H and O–H groups in total. The summed E-state index contributed by atoms with van der Waals surface area (Å²) in [6, 6.07) is 8.33. The van der Waals surface area contributed by atoms with Crippen LogP contribution in [0.25, 0.3) is 11.3 Å². The number of pyridine rings is 1. The zero-order valence-corrected chi connectivity index (χ0v) is 9.59. The molecule has 0 atom stereocenters. The molecule has 1 heterocycles. The van der Waals surface area contributed by atoms with Gasteiger partial charge in [0.15, 0.2) is 0 Å². The Labute approximate surface area is 107 Å². The Morgan fingerprint density at radius 2 is 1.79 bits per heavy atom. The summed E-state index contributed by atoms with van der Waals surface area (Å²) >= 11 is 0. The fraction of sp³-hybridized carbons (Fsp3) is 0.0833. The Morgan fingerprint density at radius 3 is 2.32 bits per heavy atom. The minimum absolute atomic E-state index is 0.249. The molecule has 0 aliphatic carbocycles. The molecule has 0 radical (unpaired) electrons. The topological polar surface area (TPSA) is 53.4 Å². The first kappa shape index (κ1) is 13.6. The molecule has 2 rings (SSSR count). The van der Waals surface area contributed by atoms with Gasteiger partial charge in [0.25, 0.3) is 0 Å². The van der Waals surface area contributed by atoms with Crippen LogP contribution in [0.4, 0.5) is 13.2 Å². The highest BCUT2D eigenvalue weighted by Crippen LogP contribution is 2.29. The van der Waals surface area contributed by atoms with Crippen LogP contribution in [0, 0.1) is 0 Å². The molecule has 2 aromatic rings. The SMILES string of the molecule is OB(O)c1cccc(-c2ccc(C(F)(F)F)cn2)c1. The highest BCUT2D eigenvalue weighted by atomic mass is 19.4. The van der Waals surface area contributed by atoms with E-state index in [-0.39, 0.29) is 5.46 Å². The van der Waals surface area contributed by atoms with E-state index in [9.17, 15) is 13.2 Å². The third-order valence-corrected chi connectivity index (χ3v) is 2.57. The number of alkyl halides is 3. The van der Waals surface area contributed by atoms with Crippen LogP contribution in [0.2, 0.25) is 0 Å². The van der Waals surface area contributed by atoms with Crippen LogP contribution >= 0.6 is 0 Å². The first-order valence-corrected chi connectivity index (χ1v) is 5.37. The van der Waals surface area contributed by atoms with Crippen molar-refractivity contribution in [1.82, 2.24) is 4.98 Å². The van der Waals surface area contributed by atoms with Crippen molar-refractivity contribution in [2.24, 2.45) is 0 Å². The summed E-state index contributed by atoms with van der Waals surface area (Å²) in [4.78, 5) is 3.73. The molecule has 3 nitrogen and oxygen atoms in total. The van der Waals surface area contributed by atoms with Gasteiger partial charge in [-0.2, -0.15) is 13.2 Å². The van der Waals surface area contributed by atoms with Gasteiger partial charge in [-0.15, -0.1) is 0 Å². The standard InChI is InChI=1S/C12H9BF3NO2/c14-12(15,16)9-4-5-11(17-7-9)8-2-1-3-10(6-8)13(18)19/h1-7,18-19H. The molecule has 0 aliphatic heterocycles. The minimum Gasteiger partial charge on any atom is -0.423 e. The lowest BCUT2D eigenvalue weighted by Gasteiger charge is -2.08. The number of aromatic nitrogens is 1. The number of rotatable bonds is 2. The summed E-state index contributed by atoms with van der Waals surface area (Å²) in [7, 11) is -1.63. The molecule has 1 aromatic heterocycles. The number of hydrogen-bond acceptors (Lipinski definition) is 3. The van der Waals surface area contributed by atoms with Crippen molar-refractivity contribution in [1.29, 1.82) is 0 Å². The number of nitrogens with zero attached hydrogens (tertiary/aromatic N) is 1. The lowest BCUT2D eigenvalue weighted by Crippen LogP contribution is -2.29. The number of benzene rings is 1. The lowest BCUT2D eigenvalue weighted by atomic mass is 9.79. The molecule has 0 saturated heterocycles. The van der Waals surface area contributed by atoms with E-state index in [0.29, 0.717) is 11.3 Å². The van der Waals surface area contributed by atoms with Crippen LogP contribution in [0.3, 0.4) is 0 Å². The molecule has 1 aromatic carbocycles. The number of hydrogen-bond donors (Lipinski definition) is 2. The average Bonchev–Trinajstić information content (AvgIpc) is 2.38. The van der Waals surface area contributed by atoms with Gasteiger partial charge in [0.2, 0.25) is 0 Å². The Morgan fingerprint density at radius 1 is 1.05 bits per heavy atom. The summed E-state index contributed by atoms with van der Waals surface area (Å²) in [5.41, 5.74) is 0.267. The second-order valence-corrected chi connectivity index (χ2v) is 3.93. The molecular formula is C12H9BF3NO2. The van der Waals surface area contributed by atoms with Crippen LogP contribution in [-0.4, -0.2) is 22.2 Å². The maximum atomic E-state index is 12.4. The number of halogens is 3. The molecule has 0 amide bonds. The predicted octanol–water partition coefficient (Wildman–Crippen LogP) is 1.45. The van der Waals surface area contributed by atoms with Gasteiger partial charge in [-0.05, 0) is 23.2 Å². The maximum Gasteiger partial charge on any atom is 0.488 e.